The maximum absolute atomic E-state index is 11.9. The fourth-order valence-electron chi connectivity index (χ4n) is 1.79. The molecule has 0 saturated heterocycles. The molecule has 0 fully saturated rings. The molecule has 2 rings (SSSR count). The van der Waals surface area contributed by atoms with Crippen molar-refractivity contribution in [3.63, 3.8) is 0 Å². The van der Waals surface area contributed by atoms with Crippen LogP contribution in [0.4, 0.5) is 0 Å². The number of carboxylic acids is 1. The maximum Gasteiger partial charge on any atom is 0.358 e. The number of carboxylic acid groups (broad SMARTS) is 1. The van der Waals surface area contributed by atoms with Crippen LogP contribution in [-0.2, 0) is 6.54 Å². The summed E-state index contributed by atoms with van der Waals surface area (Å²) in [6, 6.07) is 4.49. The zero-order valence-electron chi connectivity index (χ0n) is 11.3. The van der Waals surface area contributed by atoms with Crippen molar-refractivity contribution in [1.82, 2.24) is 20.3 Å². The number of aromatic nitrogens is 3. The van der Waals surface area contributed by atoms with Gasteiger partial charge in [0.05, 0.1) is 12.7 Å². The van der Waals surface area contributed by atoms with E-state index in [1.807, 2.05) is 0 Å². The molecule has 1 aromatic heterocycles. The topological polar surface area (TPSA) is 117 Å². The van der Waals surface area contributed by atoms with Gasteiger partial charge in [0, 0.05) is 12.1 Å². The zero-order valence-corrected chi connectivity index (χ0v) is 11.3. The van der Waals surface area contributed by atoms with Gasteiger partial charge in [-0.2, -0.15) is 0 Å². The maximum atomic E-state index is 11.9. The fourth-order valence-corrected chi connectivity index (χ4v) is 1.79. The Labute approximate surface area is 120 Å². The lowest BCUT2D eigenvalue weighted by atomic mass is 10.1. The Morgan fingerprint density at radius 1 is 1.38 bits per heavy atom. The van der Waals surface area contributed by atoms with Crippen molar-refractivity contribution in [1.29, 1.82) is 0 Å². The minimum Gasteiger partial charge on any atom is -0.508 e. The summed E-state index contributed by atoms with van der Waals surface area (Å²) in [5, 5.41) is 27.8. The van der Waals surface area contributed by atoms with Gasteiger partial charge in [0.2, 0.25) is 0 Å². The number of aryl methyl sites for hydroxylation is 1. The lowest BCUT2D eigenvalue weighted by molar-refractivity contribution is 0.0690. The largest absolute Gasteiger partial charge is 0.508 e. The first-order valence-corrected chi connectivity index (χ1v) is 6.18. The number of benzene rings is 1. The molecule has 0 aliphatic rings. The molecule has 0 spiro atoms. The molecule has 0 saturated carbocycles. The zero-order chi connectivity index (χ0) is 15.4. The summed E-state index contributed by atoms with van der Waals surface area (Å²) in [7, 11) is 0. The molecular weight excluding hydrogens is 276 g/mol. The van der Waals surface area contributed by atoms with E-state index in [1.165, 1.54) is 29.1 Å². The van der Waals surface area contributed by atoms with Gasteiger partial charge in [-0.15, -0.1) is 5.10 Å². The van der Waals surface area contributed by atoms with E-state index in [2.05, 4.69) is 15.6 Å². The first kappa shape index (κ1) is 14.5. The first-order chi connectivity index (χ1) is 9.97. The van der Waals surface area contributed by atoms with Crippen LogP contribution < -0.4 is 5.32 Å². The third-order valence-electron chi connectivity index (χ3n) is 2.84. The summed E-state index contributed by atoms with van der Waals surface area (Å²) in [4.78, 5) is 22.6. The van der Waals surface area contributed by atoms with Gasteiger partial charge in [-0.3, -0.25) is 4.79 Å². The van der Waals surface area contributed by atoms with E-state index in [9.17, 15) is 14.7 Å². The molecule has 0 bridgehead atoms. The number of rotatable bonds is 5. The van der Waals surface area contributed by atoms with E-state index < -0.39 is 5.97 Å². The van der Waals surface area contributed by atoms with Crippen molar-refractivity contribution < 1.29 is 19.8 Å². The Morgan fingerprint density at radius 2 is 2.14 bits per heavy atom. The van der Waals surface area contributed by atoms with Crippen molar-refractivity contribution in [2.45, 2.75) is 13.5 Å². The number of hydrogen-bond acceptors (Lipinski definition) is 5. The second-order valence-electron chi connectivity index (χ2n) is 4.43. The van der Waals surface area contributed by atoms with E-state index in [0.29, 0.717) is 17.7 Å². The molecule has 0 atom stereocenters. The monoisotopic (exact) mass is 290 g/mol. The summed E-state index contributed by atoms with van der Waals surface area (Å²) < 4.78 is 1.34. The van der Waals surface area contributed by atoms with Gasteiger partial charge in [0.15, 0.2) is 5.69 Å². The Morgan fingerprint density at radius 3 is 2.76 bits per heavy atom. The van der Waals surface area contributed by atoms with E-state index in [1.54, 1.807) is 6.92 Å². The Balaban J connectivity index is 1.90. The van der Waals surface area contributed by atoms with Gasteiger partial charge in [0.25, 0.3) is 5.91 Å². The van der Waals surface area contributed by atoms with Crippen LogP contribution in [0.25, 0.3) is 0 Å². The first-order valence-electron chi connectivity index (χ1n) is 6.18. The quantitative estimate of drug-likeness (QED) is 0.734. The third kappa shape index (κ3) is 3.56. The van der Waals surface area contributed by atoms with Crippen LogP contribution in [0.5, 0.6) is 5.75 Å². The molecule has 0 unspecified atom stereocenters. The molecule has 8 nitrogen and oxygen atoms in total. The highest BCUT2D eigenvalue weighted by atomic mass is 16.4. The molecule has 21 heavy (non-hydrogen) atoms. The summed E-state index contributed by atoms with van der Waals surface area (Å²) in [5.74, 6) is -1.32. The van der Waals surface area contributed by atoms with Gasteiger partial charge in [-0.25, -0.2) is 9.48 Å². The number of hydrogen-bond donors (Lipinski definition) is 3. The highest BCUT2D eigenvalue weighted by molar-refractivity contribution is 5.95. The van der Waals surface area contributed by atoms with Crippen LogP contribution in [0.1, 0.15) is 26.4 Å². The van der Waals surface area contributed by atoms with Crippen molar-refractivity contribution in [3.05, 3.63) is 41.2 Å². The number of nitrogens with one attached hydrogen (secondary N) is 1. The number of carbonyl (C=O) groups is 2. The minimum absolute atomic E-state index is 0.105. The smallest absolute Gasteiger partial charge is 0.358 e. The number of phenols is 1. The molecule has 1 aromatic carbocycles. The SMILES string of the molecule is Cc1cc(O)ccc1C(=O)NCCn1cc(C(=O)O)nn1. The van der Waals surface area contributed by atoms with Crippen molar-refractivity contribution in [2.24, 2.45) is 0 Å². The number of aromatic carboxylic acids is 1. The van der Waals surface area contributed by atoms with Crippen LogP contribution >= 0.6 is 0 Å². The number of phenolic OH excluding ortho intramolecular Hbond substituents is 1. The van der Waals surface area contributed by atoms with E-state index >= 15 is 0 Å². The predicted molar refractivity (Wildman–Crippen MR) is 72.2 cm³/mol. The predicted octanol–water partition coefficient (Wildman–Crippen LogP) is 0.420. The van der Waals surface area contributed by atoms with Crippen LogP contribution in [0.2, 0.25) is 0 Å². The summed E-state index contributed by atoms with van der Waals surface area (Å²) in [5.41, 5.74) is 0.995. The number of carbonyl (C=O) groups excluding carboxylic acids is 1. The normalized spacial score (nSPS) is 10.3. The van der Waals surface area contributed by atoms with Crippen molar-refractivity contribution >= 4 is 11.9 Å². The van der Waals surface area contributed by atoms with E-state index in [4.69, 9.17) is 5.11 Å². The number of aromatic hydroxyl groups is 1. The molecule has 110 valence electrons. The Kier molecular flexibility index (Phi) is 4.17. The average molecular weight is 290 g/mol. The Bertz CT molecular complexity index is 681. The summed E-state index contributed by atoms with van der Waals surface area (Å²) >= 11 is 0. The molecule has 1 heterocycles. The number of nitrogens with zero attached hydrogens (tertiary/aromatic N) is 3. The lowest BCUT2D eigenvalue weighted by Crippen LogP contribution is -2.28. The van der Waals surface area contributed by atoms with Crippen molar-refractivity contribution in [3.8, 4) is 5.75 Å². The molecule has 1 amide bonds. The van der Waals surface area contributed by atoms with Crippen LogP contribution in [0.15, 0.2) is 24.4 Å². The van der Waals surface area contributed by atoms with Gasteiger partial charge in [0.1, 0.15) is 5.75 Å². The Hall–Kier alpha value is -2.90. The molecule has 0 radical (unpaired) electrons. The molecule has 8 heteroatoms. The highest BCUT2D eigenvalue weighted by Crippen LogP contribution is 2.15. The average Bonchev–Trinajstić information content (AvgIpc) is 2.87. The summed E-state index contributed by atoms with van der Waals surface area (Å²) in [6.07, 6.45) is 1.29. The van der Waals surface area contributed by atoms with Gasteiger partial charge in [-0.1, -0.05) is 5.21 Å². The van der Waals surface area contributed by atoms with Crippen LogP contribution in [0.3, 0.4) is 0 Å². The van der Waals surface area contributed by atoms with Crippen LogP contribution in [-0.4, -0.2) is 43.6 Å². The molecular formula is C13H14N4O4. The number of amides is 1. The minimum atomic E-state index is -1.15. The third-order valence-corrected chi connectivity index (χ3v) is 2.84. The highest BCUT2D eigenvalue weighted by Gasteiger charge is 2.10. The van der Waals surface area contributed by atoms with E-state index in [-0.39, 0.29) is 23.9 Å². The molecule has 2 aromatic rings. The standard InChI is InChI=1S/C13H14N4O4/c1-8-6-9(18)2-3-10(8)12(19)14-4-5-17-7-11(13(20)21)15-16-17/h2-3,6-7,18H,4-5H2,1H3,(H,14,19)(H,20,21). The van der Waals surface area contributed by atoms with Gasteiger partial charge < -0.3 is 15.5 Å². The van der Waals surface area contributed by atoms with Gasteiger partial charge >= 0.3 is 5.97 Å². The van der Waals surface area contributed by atoms with Crippen molar-refractivity contribution in [2.75, 3.05) is 6.54 Å². The molecule has 0 aliphatic carbocycles. The molecule has 0 aliphatic heterocycles. The molecule has 3 N–H and O–H groups in total. The van der Waals surface area contributed by atoms with Gasteiger partial charge in [-0.05, 0) is 30.7 Å². The summed E-state index contributed by atoms with van der Waals surface area (Å²) in [6.45, 7) is 2.32. The lowest BCUT2D eigenvalue weighted by Gasteiger charge is -2.07. The second kappa shape index (κ2) is 6.04. The van der Waals surface area contributed by atoms with E-state index in [0.717, 1.165) is 0 Å². The van der Waals surface area contributed by atoms with Crippen LogP contribution in [0, 0.1) is 6.92 Å². The second-order valence-corrected chi connectivity index (χ2v) is 4.43. The fraction of sp³-hybridized carbons (Fsp3) is 0.231.